The van der Waals surface area contributed by atoms with Gasteiger partial charge < -0.3 is 19.5 Å². The molecule has 1 heterocycles. The van der Waals surface area contributed by atoms with Crippen molar-refractivity contribution in [3.8, 4) is 0 Å². The molecule has 0 aromatic heterocycles. The van der Waals surface area contributed by atoms with E-state index in [4.69, 9.17) is 20.9 Å². The van der Waals surface area contributed by atoms with E-state index in [9.17, 15) is 4.79 Å². The fraction of sp³-hybridized carbons (Fsp3) is 0.458. The van der Waals surface area contributed by atoms with Gasteiger partial charge in [0.15, 0.2) is 0 Å². The second kappa shape index (κ2) is 9.23. The zero-order chi connectivity index (χ0) is 22.8. The minimum absolute atomic E-state index is 0.112. The Bertz CT molecular complexity index is 915. The van der Waals surface area contributed by atoms with Crippen molar-refractivity contribution in [2.45, 2.75) is 65.8 Å². The normalized spacial score (nSPS) is 16.9. The van der Waals surface area contributed by atoms with Crippen LogP contribution in [-0.4, -0.2) is 35.8 Å². The van der Waals surface area contributed by atoms with E-state index in [2.05, 4.69) is 24.4 Å². The van der Waals surface area contributed by atoms with Gasteiger partial charge in [0.2, 0.25) is 0 Å². The fourth-order valence-corrected chi connectivity index (χ4v) is 3.62. The minimum atomic E-state index is -0.462. The molecule has 2 amide bonds. The molecule has 0 unspecified atom stereocenters. The molecule has 0 spiro atoms. The van der Waals surface area contributed by atoms with Gasteiger partial charge in [-0.2, -0.15) is 0 Å². The molecule has 7 heteroatoms. The van der Waals surface area contributed by atoms with Crippen molar-refractivity contribution in [1.29, 1.82) is 0 Å². The van der Waals surface area contributed by atoms with Crippen LogP contribution in [0.4, 0.5) is 4.79 Å². The van der Waals surface area contributed by atoms with Crippen LogP contribution in [-0.2, 0) is 22.4 Å². The molecule has 3 rings (SSSR count). The summed E-state index contributed by atoms with van der Waals surface area (Å²) in [6, 6.07) is 13.6. The molecular weight excluding hydrogens is 411 g/mol. The molecule has 2 aromatic carbocycles. The van der Waals surface area contributed by atoms with Crippen LogP contribution < -0.4 is 10.8 Å². The first-order valence-electron chi connectivity index (χ1n) is 10.7. The van der Waals surface area contributed by atoms with Gasteiger partial charge in [-0.25, -0.2) is 4.79 Å². The lowest BCUT2D eigenvalue weighted by Crippen LogP contribution is -2.42. The molecule has 0 aliphatic carbocycles. The molecule has 31 heavy (non-hydrogen) atoms. The van der Waals surface area contributed by atoms with Crippen LogP contribution in [0.25, 0.3) is 0 Å². The Kier molecular flexibility index (Phi) is 7.04. The second-order valence-electron chi connectivity index (χ2n) is 9.09. The van der Waals surface area contributed by atoms with Gasteiger partial charge in [0.25, 0.3) is 0 Å². The third-order valence-corrected chi connectivity index (χ3v) is 6.44. The van der Waals surface area contributed by atoms with Crippen molar-refractivity contribution < 1.29 is 14.1 Å². The zero-order valence-electron chi connectivity index (χ0n) is 19.3. The number of hydrogen-bond acceptors (Lipinski definition) is 3. The molecule has 1 aliphatic rings. The van der Waals surface area contributed by atoms with E-state index in [1.165, 1.54) is 0 Å². The van der Waals surface area contributed by atoms with Crippen LogP contribution >= 0.6 is 11.6 Å². The summed E-state index contributed by atoms with van der Waals surface area (Å²) in [5.41, 5.74) is 3.30. The Hall–Kier alpha value is -2.02. The molecule has 0 bridgehead atoms. The van der Waals surface area contributed by atoms with Crippen molar-refractivity contribution in [1.82, 2.24) is 10.2 Å². The largest absolute Gasteiger partial charge is 0.495 e. The number of aryl methyl sites for hydroxylation is 1. The summed E-state index contributed by atoms with van der Waals surface area (Å²) < 4.78 is 12.5. The van der Waals surface area contributed by atoms with Gasteiger partial charge >= 0.3 is 13.1 Å². The van der Waals surface area contributed by atoms with E-state index in [1.807, 2.05) is 65.0 Å². The summed E-state index contributed by atoms with van der Waals surface area (Å²) in [7, 11) is -0.462. The summed E-state index contributed by atoms with van der Waals surface area (Å²) in [4.78, 5) is 14.7. The van der Waals surface area contributed by atoms with Gasteiger partial charge in [0.05, 0.1) is 11.2 Å². The molecule has 0 atom stereocenters. The van der Waals surface area contributed by atoms with Crippen LogP contribution in [0.2, 0.25) is 5.02 Å². The van der Waals surface area contributed by atoms with Crippen molar-refractivity contribution in [2.75, 3.05) is 6.54 Å². The number of nitrogens with one attached hydrogen (secondary N) is 1. The highest BCUT2D eigenvalue weighted by Gasteiger charge is 2.52. The number of amides is 2. The molecule has 1 saturated heterocycles. The van der Waals surface area contributed by atoms with Gasteiger partial charge in [0.1, 0.15) is 0 Å². The summed E-state index contributed by atoms with van der Waals surface area (Å²) in [5, 5.41) is 3.68. The smallest absolute Gasteiger partial charge is 0.399 e. The van der Waals surface area contributed by atoms with Gasteiger partial charge in [-0.3, -0.25) is 0 Å². The van der Waals surface area contributed by atoms with Gasteiger partial charge in [-0.15, -0.1) is 0 Å². The third-order valence-electron chi connectivity index (χ3n) is 6.19. The first kappa shape index (κ1) is 23.6. The fourth-order valence-electron chi connectivity index (χ4n) is 3.50. The van der Waals surface area contributed by atoms with Crippen molar-refractivity contribution in [2.24, 2.45) is 0 Å². The van der Waals surface area contributed by atoms with Crippen LogP contribution in [0.15, 0.2) is 42.5 Å². The van der Waals surface area contributed by atoms with E-state index >= 15 is 0 Å². The van der Waals surface area contributed by atoms with Gasteiger partial charge in [-0.05, 0) is 70.3 Å². The van der Waals surface area contributed by atoms with E-state index < -0.39 is 18.3 Å². The molecule has 2 aromatic rings. The molecular formula is C24H32BClN2O3. The van der Waals surface area contributed by atoms with Crippen molar-refractivity contribution in [3.63, 3.8) is 0 Å². The SMILES string of the molecule is CCN(Cc1cc(C)ccc1B1OC(C)(C)C(C)(C)O1)C(=O)NCc1ccc(Cl)cc1. The maximum Gasteiger partial charge on any atom is 0.495 e. The molecule has 5 nitrogen and oxygen atoms in total. The van der Waals surface area contributed by atoms with Crippen molar-refractivity contribution in [3.05, 3.63) is 64.2 Å². The standard InChI is InChI=1S/C24H32BClN2O3/c1-7-28(22(29)27-15-18-9-11-20(26)12-10-18)16-19-14-17(2)8-13-21(19)25-30-23(3,4)24(5,6)31-25/h8-14H,7,15-16H2,1-6H3,(H,27,29). The monoisotopic (exact) mass is 442 g/mol. The molecule has 166 valence electrons. The summed E-state index contributed by atoms with van der Waals surface area (Å²) in [6.07, 6.45) is 0. The highest BCUT2D eigenvalue weighted by Crippen LogP contribution is 2.36. The van der Waals surface area contributed by atoms with Crippen LogP contribution in [0.3, 0.4) is 0 Å². The van der Waals surface area contributed by atoms with Crippen LogP contribution in [0.1, 0.15) is 51.3 Å². The summed E-state index contributed by atoms with van der Waals surface area (Å²) in [5.74, 6) is 0. The number of carbonyl (C=O) groups is 1. The number of hydrogen-bond donors (Lipinski definition) is 1. The lowest BCUT2D eigenvalue weighted by molar-refractivity contribution is 0.00578. The number of carbonyl (C=O) groups excluding carboxylic acids is 1. The van der Waals surface area contributed by atoms with E-state index in [-0.39, 0.29) is 6.03 Å². The van der Waals surface area contributed by atoms with Gasteiger partial charge in [-0.1, -0.05) is 47.5 Å². The summed E-state index contributed by atoms with van der Waals surface area (Å²) >= 11 is 5.94. The van der Waals surface area contributed by atoms with Crippen LogP contribution in [0.5, 0.6) is 0 Å². The Morgan fingerprint density at radius 2 is 1.68 bits per heavy atom. The highest BCUT2D eigenvalue weighted by atomic mass is 35.5. The molecule has 0 radical (unpaired) electrons. The molecule has 1 aliphatic heterocycles. The number of urea groups is 1. The number of halogens is 1. The third kappa shape index (κ3) is 5.43. The van der Waals surface area contributed by atoms with Crippen LogP contribution in [0, 0.1) is 6.92 Å². The topological polar surface area (TPSA) is 50.8 Å². The Balaban J connectivity index is 1.75. The lowest BCUT2D eigenvalue weighted by Gasteiger charge is -2.32. The number of rotatable bonds is 6. The predicted molar refractivity (Wildman–Crippen MR) is 127 cm³/mol. The average molecular weight is 443 g/mol. The molecule has 0 saturated carbocycles. The average Bonchev–Trinajstić information content (AvgIpc) is 2.92. The first-order valence-corrected chi connectivity index (χ1v) is 11.1. The molecule has 1 fully saturated rings. The summed E-state index contributed by atoms with van der Waals surface area (Å²) in [6.45, 7) is 13.7. The first-order chi connectivity index (χ1) is 14.5. The van der Waals surface area contributed by atoms with E-state index in [1.54, 1.807) is 4.90 Å². The molecule has 1 N–H and O–H groups in total. The second-order valence-corrected chi connectivity index (χ2v) is 9.53. The Morgan fingerprint density at radius 1 is 1.06 bits per heavy atom. The Labute approximate surface area is 191 Å². The Morgan fingerprint density at radius 3 is 2.26 bits per heavy atom. The maximum atomic E-state index is 12.9. The number of benzene rings is 2. The highest BCUT2D eigenvalue weighted by molar-refractivity contribution is 6.62. The van der Waals surface area contributed by atoms with Crippen molar-refractivity contribution >= 4 is 30.2 Å². The van der Waals surface area contributed by atoms with Gasteiger partial charge in [0, 0.05) is 24.7 Å². The lowest BCUT2D eigenvalue weighted by atomic mass is 9.75. The zero-order valence-corrected chi connectivity index (χ0v) is 20.0. The quantitative estimate of drug-likeness (QED) is 0.661. The number of nitrogens with zero attached hydrogens (tertiary/aromatic N) is 1. The minimum Gasteiger partial charge on any atom is -0.399 e. The maximum absolute atomic E-state index is 12.9. The van der Waals surface area contributed by atoms with E-state index in [0.717, 1.165) is 22.2 Å². The predicted octanol–water partition coefficient (Wildman–Crippen LogP) is 4.68. The van der Waals surface area contributed by atoms with E-state index in [0.29, 0.717) is 24.7 Å².